The first-order chi connectivity index (χ1) is 16.9. The predicted molar refractivity (Wildman–Crippen MR) is 124 cm³/mol. The van der Waals surface area contributed by atoms with Crippen LogP contribution in [0.4, 0.5) is 0 Å². The van der Waals surface area contributed by atoms with Crippen LogP contribution < -0.4 is 0 Å². The molecule has 35 heavy (non-hydrogen) atoms. The van der Waals surface area contributed by atoms with Crippen molar-refractivity contribution in [1.82, 2.24) is 0 Å². The van der Waals surface area contributed by atoms with Crippen molar-refractivity contribution in [3.63, 3.8) is 0 Å². The van der Waals surface area contributed by atoms with Gasteiger partial charge < -0.3 is 0 Å². The van der Waals surface area contributed by atoms with Gasteiger partial charge in [0.1, 0.15) is 0 Å². The molecule has 0 heterocycles. The molecule has 4 aromatic rings. The third-order valence-corrected chi connectivity index (χ3v) is 3.72. The zero-order valence-corrected chi connectivity index (χ0v) is 20.8. The maximum Gasteiger partial charge on any atom is -0.172 e. The van der Waals surface area contributed by atoms with Crippen LogP contribution in [-0.2, 0) is 51.3 Å². The molecule has 0 fully saturated rings. The van der Waals surface area contributed by atoms with Gasteiger partial charge in [0.25, 0.3) is 0 Å². The number of hydrogen-bond acceptors (Lipinski definition) is 0. The van der Waals surface area contributed by atoms with Crippen LogP contribution in [-0.4, -0.2) is 4.42 Å². The van der Waals surface area contributed by atoms with Gasteiger partial charge in [-0.3, -0.25) is 0 Å². The van der Waals surface area contributed by atoms with Gasteiger partial charge >= 0.3 is 149 Å². The number of benzene rings is 2. The van der Waals surface area contributed by atoms with E-state index in [1.165, 1.54) is 0 Å². The molecule has 0 spiro atoms. The Hall–Kier alpha value is -3.43. The van der Waals surface area contributed by atoms with E-state index in [1.54, 1.807) is 0 Å². The van der Waals surface area contributed by atoms with Gasteiger partial charge in [0, 0.05) is 17.1 Å². The van der Waals surface area contributed by atoms with Gasteiger partial charge in [-0.15, -0.1) is 0 Å². The van der Waals surface area contributed by atoms with Crippen molar-refractivity contribution in [2.24, 2.45) is 0 Å². The Morgan fingerprint density at radius 3 is 1.23 bits per heavy atom. The van der Waals surface area contributed by atoms with Gasteiger partial charge in [-0.1, -0.05) is 0 Å². The molecule has 0 aliphatic rings. The Labute approximate surface area is 225 Å². The van der Waals surface area contributed by atoms with Crippen molar-refractivity contribution in [2.45, 2.75) is 0 Å². The largest absolute Gasteiger partial charge is 0.214 e. The molecule has 4 aromatic carbocycles. The van der Waals surface area contributed by atoms with Gasteiger partial charge in [0.05, 0.1) is 0 Å². The zero-order chi connectivity index (χ0) is 26.3. The molecule has 0 unspecified atom stereocenters. The standard InChI is InChI=1S/C15H10.2C5H5.4CO.2Mn/c1-3-8-14(9-4-1)12-7-13-15-10-5-2-6-11-15;2*1-2-4-5-3-1;4*1-2;;/h1-6,8-11H;2*1-5H;;;;;;/q;2*-1;;;;;;. The molecule has 0 atom stereocenters. The summed E-state index contributed by atoms with van der Waals surface area (Å²) in [5, 5.41) is 0. The summed E-state index contributed by atoms with van der Waals surface area (Å²) in [6.07, 6.45) is 0. The van der Waals surface area contributed by atoms with E-state index in [0.717, 1.165) is 15.5 Å². The molecule has 176 valence electrons. The van der Waals surface area contributed by atoms with Crippen LogP contribution in [0.2, 0.25) is 0 Å². The molecule has 4 nitrogen and oxygen atoms in total. The molecule has 0 bridgehead atoms. The van der Waals surface area contributed by atoms with Crippen molar-refractivity contribution in [3.8, 4) is 11.8 Å². The minimum Gasteiger partial charge on any atom is -0.214 e. The Morgan fingerprint density at radius 1 is 0.571 bits per heavy atom. The molecular weight excluding hydrogens is 522 g/mol. The van der Waals surface area contributed by atoms with Crippen LogP contribution in [0.25, 0.3) is 0 Å². The maximum absolute atomic E-state index is 7.50. The minimum atomic E-state index is 0. The third-order valence-electron chi connectivity index (χ3n) is 3.23. The molecule has 0 aliphatic carbocycles. The smallest absolute Gasteiger partial charge is 0.172 e. The van der Waals surface area contributed by atoms with Crippen molar-refractivity contribution in [3.05, 3.63) is 159 Å². The minimum absolute atomic E-state index is 0. The van der Waals surface area contributed by atoms with E-state index < -0.39 is 0 Å². The van der Waals surface area contributed by atoms with E-state index in [-0.39, 0.29) is 17.1 Å². The summed E-state index contributed by atoms with van der Waals surface area (Å²) in [6, 6.07) is 40.0. The molecule has 0 saturated carbocycles. The topological polar surface area (TPSA) is 79.6 Å². The normalized spacial score (nSPS) is 6.63. The van der Waals surface area contributed by atoms with Crippen LogP contribution in [0.5, 0.6) is 0 Å². The van der Waals surface area contributed by atoms with Crippen molar-refractivity contribution in [1.29, 1.82) is 0 Å². The molecule has 0 aromatic heterocycles. The van der Waals surface area contributed by atoms with Gasteiger partial charge in [-0.05, 0) is 0 Å². The SMILES string of the molecule is [C-]#[O+].[C-]#[O+].[C-]#[O+].[C-]#[O+].[Mn].[Mn]=[C](C#Cc1ccccc1)c1ccccc1.c1cc[cH-]c1.c1cc[cH-]c1. The summed E-state index contributed by atoms with van der Waals surface area (Å²) >= 11 is 3.49. The van der Waals surface area contributed by atoms with E-state index in [9.17, 15) is 0 Å². The average Bonchev–Trinajstić information content (AvgIpc) is 3.73. The first kappa shape index (κ1) is 38.8. The van der Waals surface area contributed by atoms with Crippen LogP contribution in [0, 0.1) is 38.4 Å². The fraction of sp³-hybridized carbons (Fsp3) is 0. The second-order valence-corrected chi connectivity index (χ2v) is 5.81. The first-order valence-electron chi connectivity index (χ1n) is 9.16. The summed E-state index contributed by atoms with van der Waals surface area (Å²) in [4.78, 5) is 0. The fourth-order valence-electron chi connectivity index (χ4n) is 1.95. The summed E-state index contributed by atoms with van der Waals surface area (Å²) in [7, 11) is 0. The van der Waals surface area contributed by atoms with Crippen LogP contribution in [0.15, 0.2) is 121 Å². The molecular formula is C29H20Mn2O4-2. The number of hydrogen-bond donors (Lipinski definition) is 0. The van der Waals surface area contributed by atoms with Crippen LogP contribution in [0.1, 0.15) is 11.1 Å². The molecule has 6 heteroatoms. The van der Waals surface area contributed by atoms with Gasteiger partial charge in [0.15, 0.2) is 0 Å². The Morgan fingerprint density at radius 2 is 0.914 bits per heavy atom. The van der Waals surface area contributed by atoms with Crippen molar-refractivity contribution >= 4 is 4.42 Å². The van der Waals surface area contributed by atoms with E-state index in [4.69, 9.17) is 18.6 Å². The van der Waals surface area contributed by atoms with E-state index in [0.29, 0.717) is 0 Å². The van der Waals surface area contributed by atoms with E-state index in [1.807, 2.05) is 121 Å². The van der Waals surface area contributed by atoms with Crippen molar-refractivity contribution < 1.29 is 51.3 Å². The van der Waals surface area contributed by atoms with Crippen LogP contribution in [0.3, 0.4) is 0 Å². The average molecular weight is 542 g/mol. The van der Waals surface area contributed by atoms with Crippen LogP contribution >= 0.6 is 0 Å². The maximum atomic E-state index is 7.50. The van der Waals surface area contributed by atoms with E-state index in [2.05, 4.69) is 54.0 Å². The second-order valence-electron chi connectivity index (χ2n) is 5.22. The Kier molecular flexibility index (Phi) is 39.0. The van der Waals surface area contributed by atoms with Crippen molar-refractivity contribution in [2.75, 3.05) is 0 Å². The summed E-state index contributed by atoms with van der Waals surface area (Å²) in [5.41, 5.74) is 2.13. The molecule has 0 amide bonds. The predicted octanol–water partition coefficient (Wildman–Crippen LogP) is 5.46. The second kappa shape index (κ2) is 35.2. The van der Waals surface area contributed by atoms with Gasteiger partial charge in [-0.2, -0.15) is 36.4 Å². The fourth-order valence-corrected chi connectivity index (χ4v) is 2.22. The Bertz CT molecular complexity index is 982. The summed E-state index contributed by atoms with van der Waals surface area (Å²) in [6.45, 7) is 18.0. The monoisotopic (exact) mass is 542 g/mol. The Balaban J connectivity index is -0.000000209. The third kappa shape index (κ3) is 25.0. The number of rotatable bonds is 1. The summed E-state index contributed by atoms with van der Waals surface area (Å²) < 4.78 is 30.9. The van der Waals surface area contributed by atoms with E-state index >= 15 is 0 Å². The van der Waals surface area contributed by atoms with Gasteiger partial charge in [-0.25, -0.2) is 24.3 Å². The molecule has 1 radical (unpaired) electrons. The van der Waals surface area contributed by atoms with Gasteiger partial charge in [0.2, 0.25) is 0 Å². The zero-order valence-electron chi connectivity index (χ0n) is 18.4. The quantitative estimate of drug-likeness (QED) is 0.133. The molecule has 0 saturated heterocycles. The molecule has 0 N–H and O–H groups in total. The molecule has 0 aliphatic heterocycles. The summed E-state index contributed by atoms with van der Waals surface area (Å²) in [5.74, 6) is 6.21. The molecule has 4 rings (SSSR count). The first-order valence-corrected chi connectivity index (χ1v) is 9.75.